The van der Waals surface area contributed by atoms with Crippen LogP contribution in [0.1, 0.15) is 40.2 Å². The number of rotatable bonds is 5. The lowest BCUT2D eigenvalue weighted by molar-refractivity contribution is 0.124. The highest BCUT2D eigenvalue weighted by Crippen LogP contribution is 2.30. The van der Waals surface area contributed by atoms with Crippen LogP contribution in [0.25, 0.3) is 28.0 Å². The zero-order chi connectivity index (χ0) is 22.2. The number of nitrogens with zero attached hydrogens (tertiary/aromatic N) is 3. The van der Waals surface area contributed by atoms with Crippen LogP contribution >= 0.6 is 0 Å². The van der Waals surface area contributed by atoms with E-state index < -0.39 is 0 Å². The molecule has 31 heavy (non-hydrogen) atoms. The molecule has 4 rings (SSSR count). The smallest absolute Gasteiger partial charge is 0.213 e. The highest BCUT2D eigenvalue weighted by atomic mass is 16.5. The van der Waals surface area contributed by atoms with Gasteiger partial charge in [-0.3, -0.25) is 4.40 Å². The fourth-order valence-corrected chi connectivity index (χ4v) is 3.53. The van der Waals surface area contributed by atoms with Crippen molar-refractivity contribution in [2.75, 3.05) is 0 Å². The van der Waals surface area contributed by atoms with Crippen molar-refractivity contribution < 1.29 is 9.47 Å². The predicted molar refractivity (Wildman–Crippen MR) is 125 cm³/mol. The molecule has 0 aliphatic carbocycles. The Labute approximate surface area is 183 Å². The standard InChI is InChI=1S/C26H29N3O2/c1-17(2)30-21-10-7-19(8-11-21)22-16-29-23(15-27-24(29)13-18(22)3)20-9-12-25(28-14-20)31-26(4,5)6/h7-17H,1-6H3. The van der Waals surface area contributed by atoms with Crippen molar-refractivity contribution in [1.29, 1.82) is 0 Å². The van der Waals surface area contributed by atoms with Gasteiger partial charge in [0.2, 0.25) is 5.88 Å². The van der Waals surface area contributed by atoms with Gasteiger partial charge >= 0.3 is 0 Å². The predicted octanol–water partition coefficient (Wildman–Crippen LogP) is 6.34. The topological polar surface area (TPSA) is 48.7 Å². The number of aryl methyl sites for hydroxylation is 1. The minimum atomic E-state index is -0.278. The van der Waals surface area contributed by atoms with E-state index in [-0.39, 0.29) is 11.7 Å². The van der Waals surface area contributed by atoms with Crippen molar-refractivity contribution >= 4 is 5.65 Å². The lowest BCUT2D eigenvalue weighted by Gasteiger charge is -2.20. The van der Waals surface area contributed by atoms with Crippen LogP contribution in [0.4, 0.5) is 0 Å². The number of hydrogen-bond donors (Lipinski definition) is 0. The molecule has 3 aromatic heterocycles. The summed E-state index contributed by atoms with van der Waals surface area (Å²) in [5.74, 6) is 1.50. The maximum atomic E-state index is 5.84. The number of ether oxygens (including phenoxy) is 2. The van der Waals surface area contributed by atoms with Crippen molar-refractivity contribution in [1.82, 2.24) is 14.4 Å². The molecule has 0 bridgehead atoms. The van der Waals surface area contributed by atoms with Gasteiger partial charge in [-0.25, -0.2) is 9.97 Å². The van der Waals surface area contributed by atoms with Gasteiger partial charge in [0, 0.05) is 29.6 Å². The minimum absolute atomic E-state index is 0.159. The normalized spacial score (nSPS) is 11.8. The van der Waals surface area contributed by atoms with E-state index in [1.807, 2.05) is 71.3 Å². The molecule has 0 atom stereocenters. The first-order chi connectivity index (χ1) is 14.7. The Balaban J connectivity index is 1.69. The molecule has 0 aliphatic heterocycles. The molecule has 0 amide bonds. The average Bonchev–Trinajstić information content (AvgIpc) is 3.09. The molecule has 5 nitrogen and oxygen atoms in total. The first kappa shape index (κ1) is 20.9. The first-order valence-electron chi connectivity index (χ1n) is 10.6. The zero-order valence-electron chi connectivity index (χ0n) is 19.0. The lowest BCUT2D eigenvalue weighted by atomic mass is 10.0. The van der Waals surface area contributed by atoms with E-state index in [2.05, 4.69) is 45.7 Å². The van der Waals surface area contributed by atoms with Crippen molar-refractivity contribution in [3.8, 4) is 34.0 Å². The summed E-state index contributed by atoms with van der Waals surface area (Å²) < 4.78 is 13.7. The zero-order valence-corrected chi connectivity index (χ0v) is 19.0. The van der Waals surface area contributed by atoms with E-state index in [0.29, 0.717) is 5.88 Å². The van der Waals surface area contributed by atoms with Gasteiger partial charge in [0.25, 0.3) is 0 Å². The molecule has 4 aromatic rings. The highest BCUT2D eigenvalue weighted by molar-refractivity contribution is 5.72. The molecule has 1 aromatic carbocycles. The molecule has 0 N–H and O–H groups in total. The van der Waals surface area contributed by atoms with Gasteiger partial charge in [0.1, 0.15) is 17.0 Å². The summed E-state index contributed by atoms with van der Waals surface area (Å²) in [6.07, 6.45) is 6.03. The number of fused-ring (bicyclic) bond motifs is 1. The van der Waals surface area contributed by atoms with Crippen LogP contribution in [0.2, 0.25) is 0 Å². The largest absolute Gasteiger partial charge is 0.491 e. The Bertz CT molecular complexity index is 1180. The molecule has 3 heterocycles. The second-order valence-electron chi connectivity index (χ2n) is 9.03. The van der Waals surface area contributed by atoms with Gasteiger partial charge in [0.05, 0.1) is 18.0 Å². The van der Waals surface area contributed by atoms with E-state index in [1.54, 1.807) is 0 Å². The van der Waals surface area contributed by atoms with Crippen molar-refractivity contribution in [2.45, 2.75) is 53.2 Å². The summed E-state index contributed by atoms with van der Waals surface area (Å²) in [6.45, 7) is 12.2. The summed E-state index contributed by atoms with van der Waals surface area (Å²) in [7, 11) is 0. The van der Waals surface area contributed by atoms with E-state index in [0.717, 1.165) is 33.8 Å². The molecule has 0 fully saturated rings. The van der Waals surface area contributed by atoms with Crippen LogP contribution in [0, 0.1) is 6.92 Å². The number of aromatic nitrogens is 3. The molecular weight excluding hydrogens is 386 g/mol. The monoisotopic (exact) mass is 415 g/mol. The quantitative estimate of drug-likeness (QED) is 0.382. The molecule has 160 valence electrons. The van der Waals surface area contributed by atoms with E-state index in [4.69, 9.17) is 9.47 Å². The number of hydrogen-bond acceptors (Lipinski definition) is 4. The van der Waals surface area contributed by atoms with Crippen LogP contribution in [-0.4, -0.2) is 26.1 Å². The number of pyridine rings is 2. The molecule has 0 aliphatic rings. The highest BCUT2D eigenvalue weighted by Gasteiger charge is 2.14. The number of benzene rings is 1. The lowest BCUT2D eigenvalue weighted by Crippen LogP contribution is -2.23. The Kier molecular flexibility index (Phi) is 5.44. The second kappa shape index (κ2) is 8.06. The second-order valence-corrected chi connectivity index (χ2v) is 9.03. The molecule has 0 saturated carbocycles. The Hall–Kier alpha value is -3.34. The van der Waals surface area contributed by atoms with E-state index in [1.165, 1.54) is 5.56 Å². The van der Waals surface area contributed by atoms with Crippen molar-refractivity contribution in [3.63, 3.8) is 0 Å². The number of imidazole rings is 1. The van der Waals surface area contributed by atoms with Gasteiger partial charge in [-0.15, -0.1) is 0 Å². The fraction of sp³-hybridized carbons (Fsp3) is 0.308. The third kappa shape index (κ3) is 4.71. The Morgan fingerprint density at radius 2 is 1.61 bits per heavy atom. The maximum Gasteiger partial charge on any atom is 0.213 e. The van der Waals surface area contributed by atoms with Crippen LogP contribution in [0.5, 0.6) is 11.6 Å². The summed E-state index contributed by atoms with van der Waals surface area (Å²) in [5, 5.41) is 0. The summed E-state index contributed by atoms with van der Waals surface area (Å²) in [6, 6.07) is 14.3. The van der Waals surface area contributed by atoms with Crippen LogP contribution in [0.3, 0.4) is 0 Å². The molecule has 5 heteroatoms. The summed E-state index contributed by atoms with van der Waals surface area (Å²) in [5.41, 5.74) is 6.08. The molecule has 0 saturated heterocycles. The molecule has 0 spiro atoms. The third-order valence-corrected chi connectivity index (χ3v) is 4.83. The van der Waals surface area contributed by atoms with Crippen LogP contribution < -0.4 is 9.47 Å². The van der Waals surface area contributed by atoms with E-state index >= 15 is 0 Å². The molecule has 0 unspecified atom stereocenters. The average molecular weight is 416 g/mol. The van der Waals surface area contributed by atoms with Gasteiger partial charge in [-0.05, 0) is 76.9 Å². The minimum Gasteiger partial charge on any atom is -0.491 e. The molecule has 0 radical (unpaired) electrons. The van der Waals surface area contributed by atoms with Crippen LogP contribution in [-0.2, 0) is 0 Å². The fourth-order valence-electron chi connectivity index (χ4n) is 3.53. The Morgan fingerprint density at radius 1 is 0.903 bits per heavy atom. The van der Waals surface area contributed by atoms with Crippen molar-refractivity contribution in [3.05, 3.63) is 66.6 Å². The van der Waals surface area contributed by atoms with E-state index in [9.17, 15) is 0 Å². The van der Waals surface area contributed by atoms with Gasteiger partial charge in [-0.2, -0.15) is 0 Å². The molecular formula is C26H29N3O2. The van der Waals surface area contributed by atoms with Gasteiger partial charge in [0.15, 0.2) is 0 Å². The van der Waals surface area contributed by atoms with Crippen LogP contribution in [0.15, 0.2) is 61.1 Å². The third-order valence-electron chi connectivity index (χ3n) is 4.83. The maximum absolute atomic E-state index is 5.84. The summed E-state index contributed by atoms with van der Waals surface area (Å²) >= 11 is 0. The van der Waals surface area contributed by atoms with Crippen molar-refractivity contribution in [2.24, 2.45) is 0 Å². The summed E-state index contributed by atoms with van der Waals surface area (Å²) in [4.78, 5) is 9.08. The first-order valence-corrected chi connectivity index (χ1v) is 10.6. The Morgan fingerprint density at radius 3 is 2.23 bits per heavy atom. The van der Waals surface area contributed by atoms with Gasteiger partial charge in [-0.1, -0.05) is 12.1 Å². The SMILES string of the molecule is Cc1cc2ncc(-c3ccc(OC(C)(C)C)nc3)n2cc1-c1ccc(OC(C)C)cc1. The van der Waals surface area contributed by atoms with Gasteiger partial charge < -0.3 is 9.47 Å².